The molecule has 0 unspecified atom stereocenters. The molecule has 1 rings (SSSR count). The van der Waals surface area contributed by atoms with Crippen LogP contribution in [0.2, 0.25) is 0 Å². The fraction of sp³-hybridized carbons (Fsp3) is 0.385. The van der Waals surface area contributed by atoms with E-state index in [4.69, 9.17) is 0 Å². The van der Waals surface area contributed by atoms with Crippen LogP contribution in [0.1, 0.15) is 31.4 Å². The highest BCUT2D eigenvalue weighted by atomic mass is 14.0. The molecular formula is C13H18. The highest BCUT2D eigenvalue weighted by molar-refractivity contribution is 5.24. The van der Waals surface area contributed by atoms with E-state index in [1.165, 1.54) is 24.0 Å². The Morgan fingerprint density at radius 2 is 1.69 bits per heavy atom. The van der Waals surface area contributed by atoms with Gasteiger partial charge in [-0.05, 0) is 30.9 Å². The number of aryl methyl sites for hydroxylation is 1. The SMILES string of the molecule is C/C=C/Cc1ccc(CCC)cc1. The van der Waals surface area contributed by atoms with Crippen molar-refractivity contribution in [2.24, 2.45) is 0 Å². The summed E-state index contributed by atoms with van der Waals surface area (Å²) in [7, 11) is 0. The second-order valence-corrected chi connectivity index (χ2v) is 3.34. The topological polar surface area (TPSA) is 0 Å². The smallest absolute Gasteiger partial charge is 0.00976 e. The van der Waals surface area contributed by atoms with Crippen molar-refractivity contribution in [2.75, 3.05) is 0 Å². The molecule has 0 aliphatic heterocycles. The summed E-state index contributed by atoms with van der Waals surface area (Å²) >= 11 is 0. The monoisotopic (exact) mass is 174 g/mol. The Kier molecular flexibility index (Phi) is 4.31. The third kappa shape index (κ3) is 3.45. The van der Waals surface area contributed by atoms with Crippen LogP contribution in [0.5, 0.6) is 0 Å². The Hall–Kier alpha value is -1.04. The van der Waals surface area contributed by atoms with E-state index in [-0.39, 0.29) is 0 Å². The van der Waals surface area contributed by atoms with Gasteiger partial charge in [0.1, 0.15) is 0 Å². The van der Waals surface area contributed by atoms with E-state index in [0.29, 0.717) is 0 Å². The molecule has 0 aliphatic carbocycles. The van der Waals surface area contributed by atoms with E-state index in [2.05, 4.69) is 50.3 Å². The van der Waals surface area contributed by atoms with Gasteiger partial charge in [-0.1, -0.05) is 49.8 Å². The highest BCUT2D eigenvalue weighted by Crippen LogP contribution is 2.07. The van der Waals surface area contributed by atoms with Crippen molar-refractivity contribution < 1.29 is 0 Å². The Morgan fingerprint density at radius 1 is 1.08 bits per heavy atom. The third-order valence-corrected chi connectivity index (χ3v) is 2.15. The van der Waals surface area contributed by atoms with Crippen LogP contribution in [0.15, 0.2) is 36.4 Å². The molecule has 0 heteroatoms. The second-order valence-electron chi connectivity index (χ2n) is 3.34. The lowest BCUT2D eigenvalue weighted by Gasteiger charge is -2.00. The minimum absolute atomic E-state index is 1.06. The predicted molar refractivity (Wildman–Crippen MR) is 59.0 cm³/mol. The van der Waals surface area contributed by atoms with Crippen LogP contribution in [0.4, 0.5) is 0 Å². The largest absolute Gasteiger partial charge is 0.0913 e. The van der Waals surface area contributed by atoms with Gasteiger partial charge >= 0.3 is 0 Å². The van der Waals surface area contributed by atoms with Crippen LogP contribution >= 0.6 is 0 Å². The van der Waals surface area contributed by atoms with Crippen LogP contribution < -0.4 is 0 Å². The van der Waals surface area contributed by atoms with Crippen molar-refractivity contribution in [1.29, 1.82) is 0 Å². The van der Waals surface area contributed by atoms with E-state index in [9.17, 15) is 0 Å². The van der Waals surface area contributed by atoms with Crippen molar-refractivity contribution in [3.8, 4) is 0 Å². The third-order valence-electron chi connectivity index (χ3n) is 2.15. The summed E-state index contributed by atoms with van der Waals surface area (Å²) in [5.41, 5.74) is 2.85. The first-order chi connectivity index (χ1) is 6.36. The van der Waals surface area contributed by atoms with E-state index in [1.54, 1.807) is 0 Å². The summed E-state index contributed by atoms with van der Waals surface area (Å²) in [6, 6.07) is 8.93. The van der Waals surface area contributed by atoms with Gasteiger partial charge in [0.25, 0.3) is 0 Å². The first kappa shape index (κ1) is 10.0. The molecule has 0 radical (unpaired) electrons. The summed E-state index contributed by atoms with van der Waals surface area (Å²) in [6.07, 6.45) is 7.77. The van der Waals surface area contributed by atoms with Crippen molar-refractivity contribution >= 4 is 0 Å². The lowest BCUT2D eigenvalue weighted by Crippen LogP contribution is -1.85. The lowest BCUT2D eigenvalue weighted by atomic mass is 10.1. The first-order valence-corrected chi connectivity index (χ1v) is 5.05. The van der Waals surface area contributed by atoms with E-state index in [1.807, 2.05) is 0 Å². The second kappa shape index (κ2) is 5.58. The molecule has 1 aromatic carbocycles. The highest BCUT2D eigenvalue weighted by Gasteiger charge is 1.91. The minimum Gasteiger partial charge on any atom is -0.0913 e. The Balaban J connectivity index is 2.58. The summed E-state index contributed by atoms with van der Waals surface area (Å²) in [5, 5.41) is 0. The maximum absolute atomic E-state index is 2.24. The van der Waals surface area contributed by atoms with Crippen molar-refractivity contribution in [3.63, 3.8) is 0 Å². The normalized spacial score (nSPS) is 10.9. The fourth-order valence-electron chi connectivity index (χ4n) is 1.38. The molecule has 1 aromatic rings. The number of rotatable bonds is 4. The molecule has 0 bridgehead atoms. The van der Waals surface area contributed by atoms with E-state index >= 15 is 0 Å². The fourth-order valence-corrected chi connectivity index (χ4v) is 1.38. The van der Waals surface area contributed by atoms with Crippen LogP contribution in [-0.2, 0) is 12.8 Å². The molecular weight excluding hydrogens is 156 g/mol. The minimum atomic E-state index is 1.06. The Labute approximate surface area is 81.3 Å². The number of allylic oxidation sites excluding steroid dienone is 2. The summed E-state index contributed by atoms with van der Waals surface area (Å²) in [5.74, 6) is 0. The van der Waals surface area contributed by atoms with Gasteiger partial charge in [-0.25, -0.2) is 0 Å². The molecule has 0 spiro atoms. The number of hydrogen-bond acceptors (Lipinski definition) is 0. The zero-order chi connectivity index (χ0) is 9.52. The molecule has 13 heavy (non-hydrogen) atoms. The van der Waals surface area contributed by atoms with Gasteiger partial charge in [0, 0.05) is 0 Å². The average molecular weight is 174 g/mol. The van der Waals surface area contributed by atoms with Crippen LogP contribution in [0.25, 0.3) is 0 Å². The van der Waals surface area contributed by atoms with Gasteiger partial charge in [0.15, 0.2) is 0 Å². The van der Waals surface area contributed by atoms with Gasteiger partial charge in [-0.3, -0.25) is 0 Å². The van der Waals surface area contributed by atoms with Gasteiger partial charge in [-0.2, -0.15) is 0 Å². The molecule has 0 heterocycles. The van der Waals surface area contributed by atoms with Gasteiger partial charge in [-0.15, -0.1) is 0 Å². The molecule has 0 nitrogen and oxygen atoms in total. The van der Waals surface area contributed by atoms with Crippen LogP contribution in [-0.4, -0.2) is 0 Å². The maximum Gasteiger partial charge on any atom is -0.00976 e. The molecule has 0 atom stereocenters. The maximum atomic E-state index is 2.24. The number of benzene rings is 1. The quantitative estimate of drug-likeness (QED) is 0.610. The molecule has 70 valence electrons. The zero-order valence-corrected chi connectivity index (χ0v) is 8.59. The molecule has 0 aliphatic rings. The molecule has 0 saturated carbocycles. The molecule has 0 fully saturated rings. The van der Waals surface area contributed by atoms with E-state index in [0.717, 1.165) is 6.42 Å². The first-order valence-electron chi connectivity index (χ1n) is 5.05. The Morgan fingerprint density at radius 3 is 2.23 bits per heavy atom. The molecule has 0 N–H and O–H groups in total. The summed E-state index contributed by atoms with van der Waals surface area (Å²) in [4.78, 5) is 0. The predicted octanol–water partition coefficient (Wildman–Crippen LogP) is 3.76. The van der Waals surface area contributed by atoms with Crippen molar-refractivity contribution in [2.45, 2.75) is 33.1 Å². The molecule has 0 saturated heterocycles. The van der Waals surface area contributed by atoms with E-state index < -0.39 is 0 Å². The van der Waals surface area contributed by atoms with Crippen molar-refractivity contribution in [3.05, 3.63) is 47.5 Å². The average Bonchev–Trinajstić information content (AvgIpc) is 2.17. The summed E-state index contributed by atoms with van der Waals surface area (Å²) in [6.45, 7) is 4.28. The number of hydrogen-bond donors (Lipinski definition) is 0. The summed E-state index contributed by atoms with van der Waals surface area (Å²) < 4.78 is 0. The Bertz CT molecular complexity index is 254. The standard InChI is InChI=1S/C13H18/c1-3-5-7-13-10-8-12(6-4-2)9-11-13/h3,5,8-11H,4,6-7H2,1-2H3/b5-3+. The van der Waals surface area contributed by atoms with Gasteiger partial charge in [0.05, 0.1) is 0 Å². The van der Waals surface area contributed by atoms with Crippen molar-refractivity contribution in [1.82, 2.24) is 0 Å². The lowest BCUT2D eigenvalue weighted by molar-refractivity contribution is 0.920. The van der Waals surface area contributed by atoms with Crippen LogP contribution in [0.3, 0.4) is 0 Å². The van der Waals surface area contributed by atoms with Gasteiger partial charge in [0.2, 0.25) is 0 Å². The zero-order valence-electron chi connectivity index (χ0n) is 8.59. The van der Waals surface area contributed by atoms with Gasteiger partial charge < -0.3 is 0 Å². The molecule has 0 aromatic heterocycles. The molecule has 0 amide bonds. The van der Waals surface area contributed by atoms with Crippen LogP contribution in [0, 0.1) is 0 Å².